The molecule has 0 saturated heterocycles. The van der Waals surface area contributed by atoms with Gasteiger partial charge in [-0.25, -0.2) is 0 Å². The lowest BCUT2D eigenvalue weighted by atomic mass is 10.1. The van der Waals surface area contributed by atoms with E-state index in [-0.39, 0.29) is 30.9 Å². The first-order valence-corrected chi connectivity index (χ1v) is 9.42. The first-order valence-electron chi connectivity index (χ1n) is 9.42. The van der Waals surface area contributed by atoms with Crippen molar-refractivity contribution in [2.45, 2.75) is 25.8 Å². The number of hydrogen-bond donors (Lipinski definition) is 2. The molecule has 2 amide bonds. The zero-order valence-corrected chi connectivity index (χ0v) is 16.8. The average molecular weight is 383 g/mol. The summed E-state index contributed by atoms with van der Waals surface area (Å²) in [7, 11) is 3.35. The Balaban J connectivity index is 1.68. The van der Waals surface area contributed by atoms with Crippen molar-refractivity contribution < 1.29 is 14.3 Å². The molecule has 2 N–H and O–H groups in total. The number of aryl methyl sites for hydroxylation is 1. The summed E-state index contributed by atoms with van der Waals surface area (Å²) in [6.07, 6.45) is 1.79. The lowest BCUT2D eigenvalue weighted by Crippen LogP contribution is -2.42. The normalized spacial score (nSPS) is 11.7. The van der Waals surface area contributed by atoms with E-state index in [1.807, 2.05) is 25.1 Å². The molecular formula is C22H29N3O3. The zero-order valence-electron chi connectivity index (χ0n) is 16.8. The Morgan fingerprint density at radius 3 is 2.29 bits per heavy atom. The minimum absolute atomic E-state index is 0.0780. The number of carbonyl (C=O) groups is 2. The fourth-order valence-corrected chi connectivity index (χ4v) is 2.84. The molecule has 0 saturated carbocycles. The summed E-state index contributed by atoms with van der Waals surface area (Å²) in [4.78, 5) is 26.0. The number of carbonyl (C=O) groups excluding carboxylic acids is 2. The Hall–Kier alpha value is -2.86. The van der Waals surface area contributed by atoms with Crippen molar-refractivity contribution in [2.75, 3.05) is 32.6 Å². The third kappa shape index (κ3) is 7.80. The van der Waals surface area contributed by atoms with E-state index in [9.17, 15) is 9.59 Å². The summed E-state index contributed by atoms with van der Waals surface area (Å²) in [5.74, 6) is 0.478. The minimum atomic E-state index is -0.169. The van der Waals surface area contributed by atoms with Crippen molar-refractivity contribution in [3.8, 4) is 5.75 Å². The van der Waals surface area contributed by atoms with Gasteiger partial charge in [-0.05, 0) is 56.6 Å². The van der Waals surface area contributed by atoms with E-state index in [1.54, 1.807) is 43.3 Å². The summed E-state index contributed by atoms with van der Waals surface area (Å²) in [5, 5.41) is 5.80. The quantitative estimate of drug-likeness (QED) is 0.662. The third-order valence-corrected chi connectivity index (χ3v) is 4.32. The summed E-state index contributed by atoms with van der Waals surface area (Å²) >= 11 is 0. The van der Waals surface area contributed by atoms with E-state index in [4.69, 9.17) is 4.74 Å². The number of ether oxygens (including phenoxy) is 1. The van der Waals surface area contributed by atoms with Crippen LogP contribution in [0, 0.1) is 0 Å². The van der Waals surface area contributed by atoms with Gasteiger partial charge in [0.05, 0.1) is 20.2 Å². The predicted octanol–water partition coefficient (Wildman–Crippen LogP) is 2.70. The number of nitrogens with zero attached hydrogens (tertiary/aromatic N) is 1. The Bertz CT molecular complexity index is 747. The molecule has 2 aromatic carbocycles. The summed E-state index contributed by atoms with van der Waals surface area (Å²) < 4.78 is 5.09. The first-order chi connectivity index (χ1) is 13.5. The molecule has 0 aromatic heterocycles. The Labute approximate surface area is 166 Å². The third-order valence-electron chi connectivity index (χ3n) is 4.32. The highest BCUT2D eigenvalue weighted by molar-refractivity contribution is 5.92. The van der Waals surface area contributed by atoms with Crippen LogP contribution < -0.4 is 15.4 Å². The monoisotopic (exact) mass is 383 g/mol. The van der Waals surface area contributed by atoms with Crippen LogP contribution in [0.25, 0.3) is 0 Å². The van der Waals surface area contributed by atoms with Crippen LogP contribution in [0.1, 0.15) is 18.9 Å². The Morgan fingerprint density at radius 2 is 1.64 bits per heavy atom. The minimum Gasteiger partial charge on any atom is -0.497 e. The van der Waals surface area contributed by atoms with Crippen LogP contribution in [0.3, 0.4) is 0 Å². The van der Waals surface area contributed by atoms with Crippen LogP contribution in [-0.4, -0.2) is 50.0 Å². The van der Waals surface area contributed by atoms with E-state index >= 15 is 0 Å². The maximum atomic E-state index is 12.2. The molecular weight excluding hydrogens is 354 g/mol. The molecule has 0 aliphatic rings. The van der Waals surface area contributed by atoms with Crippen LogP contribution in [0.15, 0.2) is 54.6 Å². The highest BCUT2D eigenvalue weighted by atomic mass is 16.5. The van der Waals surface area contributed by atoms with Crippen molar-refractivity contribution in [1.29, 1.82) is 0 Å². The highest BCUT2D eigenvalue weighted by Gasteiger charge is 2.13. The highest BCUT2D eigenvalue weighted by Crippen LogP contribution is 2.14. The second-order valence-corrected chi connectivity index (χ2v) is 6.94. The van der Waals surface area contributed by atoms with Gasteiger partial charge in [0, 0.05) is 11.7 Å². The maximum absolute atomic E-state index is 12.2. The van der Waals surface area contributed by atoms with Gasteiger partial charge >= 0.3 is 0 Å². The number of amides is 2. The number of benzene rings is 2. The van der Waals surface area contributed by atoms with Crippen molar-refractivity contribution >= 4 is 17.5 Å². The van der Waals surface area contributed by atoms with Crippen LogP contribution in [-0.2, 0) is 16.0 Å². The topological polar surface area (TPSA) is 70.7 Å². The van der Waals surface area contributed by atoms with Crippen molar-refractivity contribution in [3.63, 3.8) is 0 Å². The second-order valence-electron chi connectivity index (χ2n) is 6.94. The van der Waals surface area contributed by atoms with E-state index in [0.29, 0.717) is 5.69 Å². The molecule has 28 heavy (non-hydrogen) atoms. The van der Waals surface area contributed by atoms with Crippen LogP contribution >= 0.6 is 0 Å². The van der Waals surface area contributed by atoms with Gasteiger partial charge < -0.3 is 15.4 Å². The molecule has 0 bridgehead atoms. The van der Waals surface area contributed by atoms with Gasteiger partial charge in [0.2, 0.25) is 11.8 Å². The molecule has 0 aliphatic heterocycles. The van der Waals surface area contributed by atoms with E-state index in [1.165, 1.54) is 5.56 Å². The second kappa shape index (κ2) is 11.1. The SMILES string of the molecule is COc1ccc(NC(=O)CN(C)CC(=O)N[C@H](C)CCc2ccccc2)cc1. The van der Waals surface area contributed by atoms with Gasteiger partial charge in [-0.15, -0.1) is 0 Å². The molecule has 150 valence electrons. The standard InChI is InChI=1S/C22H29N3O3/c1-17(9-10-18-7-5-4-6-8-18)23-21(26)15-25(2)16-22(27)24-19-11-13-20(28-3)14-12-19/h4-8,11-14,17H,9-10,15-16H2,1-3H3,(H,23,26)(H,24,27)/t17-/m1/s1. The smallest absolute Gasteiger partial charge is 0.238 e. The molecule has 0 aliphatic carbocycles. The molecule has 0 fully saturated rings. The fourth-order valence-electron chi connectivity index (χ4n) is 2.84. The molecule has 0 unspecified atom stereocenters. The van der Waals surface area contributed by atoms with Crippen molar-refractivity contribution in [1.82, 2.24) is 10.2 Å². The number of likely N-dealkylation sites (N-methyl/N-ethyl adjacent to an activating group) is 1. The fraction of sp³-hybridized carbons (Fsp3) is 0.364. The van der Waals surface area contributed by atoms with E-state index in [0.717, 1.165) is 18.6 Å². The van der Waals surface area contributed by atoms with Crippen LogP contribution in [0.2, 0.25) is 0 Å². The number of methoxy groups -OCH3 is 1. The average Bonchev–Trinajstić information content (AvgIpc) is 2.67. The van der Waals surface area contributed by atoms with Gasteiger partial charge in [-0.3, -0.25) is 14.5 Å². The van der Waals surface area contributed by atoms with E-state index in [2.05, 4.69) is 22.8 Å². The predicted molar refractivity (Wildman–Crippen MR) is 111 cm³/mol. The molecule has 0 spiro atoms. The molecule has 0 radical (unpaired) electrons. The largest absolute Gasteiger partial charge is 0.497 e. The lowest BCUT2D eigenvalue weighted by molar-refractivity contribution is -0.123. The molecule has 2 rings (SSSR count). The Kier molecular flexibility index (Phi) is 8.49. The zero-order chi connectivity index (χ0) is 20.4. The maximum Gasteiger partial charge on any atom is 0.238 e. The van der Waals surface area contributed by atoms with Crippen molar-refractivity contribution in [2.24, 2.45) is 0 Å². The van der Waals surface area contributed by atoms with Gasteiger partial charge in [0.15, 0.2) is 0 Å². The van der Waals surface area contributed by atoms with Gasteiger partial charge in [0.1, 0.15) is 5.75 Å². The van der Waals surface area contributed by atoms with E-state index < -0.39 is 0 Å². The van der Waals surface area contributed by atoms with Crippen molar-refractivity contribution in [3.05, 3.63) is 60.2 Å². The van der Waals surface area contributed by atoms with Crippen LogP contribution in [0.4, 0.5) is 5.69 Å². The summed E-state index contributed by atoms with van der Waals surface area (Å²) in [6.45, 7) is 2.31. The first kappa shape index (κ1) is 21.4. The van der Waals surface area contributed by atoms with Gasteiger partial charge in [0.25, 0.3) is 0 Å². The van der Waals surface area contributed by atoms with Gasteiger partial charge in [-0.1, -0.05) is 30.3 Å². The number of hydrogen-bond acceptors (Lipinski definition) is 4. The molecule has 2 aromatic rings. The Morgan fingerprint density at radius 1 is 1.00 bits per heavy atom. The molecule has 1 atom stereocenters. The van der Waals surface area contributed by atoms with Gasteiger partial charge in [-0.2, -0.15) is 0 Å². The molecule has 0 heterocycles. The molecule has 6 nitrogen and oxygen atoms in total. The molecule has 6 heteroatoms. The number of anilines is 1. The summed E-state index contributed by atoms with van der Waals surface area (Å²) in [6, 6.07) is 17.4. The van der Waals surface area contributed by atoms with Crippen LogP contribution in [0.5, 0.6) is 5.75 Å². The number of rotatable bonds is 10. The summed E-state index contributed by atoms with van der Waals surface area (Å²) in [5.41, 5.74) is 1.95. The number of nitrogens with one attached hydrogen (secondary N) is 2. The lowest BCUT2D eigenvalue weighted by Gasteiger charge is -2.19.